The normalized spacial score (nSPS) is 14.7. The Morgan fingerprint density at radius 2 is 1.88 bits per heavy atom. The molecule has 0 atom stereocenters. The molecule has 3 aromatic rings. The molecule has 1 aliphatic rings. The number of ether oxygens (including phenoxy) is 1. The van der Waals surface area contributed by atoms with E-state index < -0.39 is 0 Å². The highest BCUT2D eigenvalue weighted by Crippen LogP contribution is 2.28. The van der Waals surface area contributed by atoms with E-state index >= 15 is 0 Å². The molecule has 1 aromatic carbocycles. The Balaban J connectivity index is 1.71. The average Bonchev–Trinajstić information content (AvgIpc) is 2.65. The van der Waals surface area contributed by atoms with Crippen LogP contribution < -0.4 is 10.2 Å². The Bertz CT molecular complexity index is 916. The Morgan fingerprint density at radius 1 is 1.04 bits per heavy atom. The highest BCUT2D eigenvalue weighted by molar-refractivity contribution is 6.42. The molecular weight excluding hydrogens is 363 g/mol. The first-order chi connectivity index (χ1) is 12.2. The van der Waals surface area contributed by atoms with Gasteiger partial charge in [-0.25, -0.2) is 19.9 Å². The van der Waals surface area contributed by atoms with E-state index in [1.54, 1.807) is 18.3 Å². The van der Waals surface area contributed by atoms with Gasteiger partial charge < -0.3 is 15.0 Å². The van der Waals surface area contributed by atoms with Crippen LogP contribution in [0.5, 0.6) is 0 Å². The highest BCUT2D eigenvalue weighted by Gasteiger charge is 2.16. The van der Waals surface area contributed by atoms with E-state index in [0.717, 1.165) is 18.8 Å². The SMILES string of the molecule is Clc1ccc(Nc2ncnc3cnc(N4CCOCC4)nc23)cc1Cl. The lowest BCUT2D eigenvalue weighted by atomic mass is 10.3. The number of anilines is 3. The van der Waals surface area contributed by atoms with Gasteiger partial charge in [0.1, 0.15) is 17.4 Å². The van der Waals surface area contributed by atoms with Crippen LogP contribution in [-0.2, 0) is 4.74 Å². The van der Waals surface area contributed by atoms with Crippen LogP contribution in [0.25, 0.3) is 11.0 Å². The van der Waals surface area contributed by atoms with E-state index in [9.17, 15) is 0 Å². The standard InChI is InChI=1S/C16H14Cl2N6O/c17-11-2-1-10(7-12(11)18)22-15-14-13(20-9-21-15)8-19-16(23-14)24-3-5-25-6-4-24/h1-2,7-9H,3-6H2,(H,20,21,22). The molecule has 0 spiro atoms. The topological polar surface area (TPSA) is 76.1 Å². The van der Waals surface area contributed by atoms with Gasteiger partial charge in [-0.15, -0.1) is 0 Å². The number of hydrogen-bond donors (Lipinski definition) is 1. The molecule has 1 saturated heterocycles. The second kappa shape index (κ2) is 6.95. The van der Waals surface area contributed by atoms with Gasteiger partial charge in [-0.2, -0.15) is 0 Å². The van der Waals surface area contributed by atoms with Crippen LogP contribution in [0.3, 0.4) is 0 Å². The zero-order chi connectivity index (χ0) is 17.2. The van der Waals surface area contributed by atoms with Crippen LogP contribution in [0.2, 0.25) is 10.0 Å². The molecule has 4 rings (SSSR count). The van der Waals surface area contributed by atoms with Crippen LogP contribution in [0.15, 0.2) is 30.7 Å². The van der Waals surface area contributed by atoms with E-state index in [0.29, 0.717) is 46.1 Å². The quantitative estimate of drug-likeness (QED) is 0.751. The minimum Gasteiger partial charge on any atom is -0.378 e. The minimum atomic E-state index is 0.466. The number of fused-ring (bicyclic) bond motifs is 1. The Labute approximate surface area is 154 Å². The van der Waals surface area contributed by atoms with Crippen molar-refractivity contribution in [1.82, 2.24) is 19.9 Å². The Kier molecular flexibility index (Phi) is 4.52. The van der Waals surface area contributed by atoms with Gasteiger partial charge in [-0.3, -0.25) is 0 Å². The van der Waals surface area contributed by atoms with Gasteiger partial charge in [-0.1, -0.05) is 23.2 Å². The third-order valence-corrected chi connectivity index (χ3v) is 4.58. The van der Waals surface area contributed by atoms with E-state index in [2.05, 4.69) is 30.2 Å². The van der Waals surface area contributed by atoms with Crippen molar-refractivity contribution in [3.05, 3.63) is 40.8 Å². The molecule has 1 N–H and O–H groups in total. The molecule has 0 unspecified atom stereocenters. The molecule has 1 aliphatic heterocycles. The summed E-state index contributed by atoms with van der Waals surface area (Å²) in [5.41, 5.74) is 2.07. The van der Waals surface area contributed by atoms with Gasteiger partial charge >= 0.3 is 0 Å². The molecule has 0 radical (unpaired) electrons. The number of aromatic nitrogens is 4. The van der Waals surface area contributed by atoms with Crippen LogP contribution in [0, 0.1) is 0 Å². The first-order valence-corrected chi connectivity index (χ1v) is 8.49. The average molecular weight is 377 g/mol. The van der Waals surface area contributed by atoms with E-state index in [4.69, 9.17) is 27.9 Å². The predicted octanol–water partition coefficient (Wildman–Crippen LogP) is 3.31. The summed E-state index contributed by atoms with van der Waals surface area (Å²) in [6.45, 7) is 2.85. The van der Waals surface area contributed by atoms with E-state index in [1.807, 2.05) is 6.07 Å². The van der Waals surface area contributed by atoms with Gasteiger partial charge in [0.05, 0.1) is 29.5 Å². The Hall–Kier alpha value is -2.22. The van der Waals surface area contributed by atoms with E-state index in [-0.39, 0.29) is 0 Å². The third kappa shape index (κ3) is 3.44. The van der Waals surface area contributed by atoms with Crippen molar-refractivity contribution < 1.29 is 4.74 Å². The summed E-state index contributed by atoms with van der Waals surface area (Å²) >= 11 is 12.0. The second-order valence-electron chi connectivity index (χ2n) is 5.48. The van der Waals surface area contributed by atoms with Crippen molar-refractivity contribution in [2.24, 2.45) is 0 Å². The zero-order valence-electron chi connectivity index (χ0n) is 13.1. The van der Waals surface area contributed by atoms with Crippen molar-refractivity contribution in [2.75, 3.05) is 36.5 Å². The molecule has 7 nitrogen and oxygen atoms in total. The van der Waals surface area contributed by atoms with E-state index in [1.165, 1.54) is 6.33 Å². The smallest absolute Gasteiger partial charge is 0.226 e. The predicted molar refractivity (Wildman–Crippen MR) is 97.9 cm³/mol. The molecule has 0 saturated carbocycles. The summed E-state index contributed by atoms with van der Waals surface area (Å²) in [7, 11) is 0. The molecule has 25 heavy (non-hydrogen) atoms. The van der Waals surface area contributed by atoms with Crippen LogP contribution in [0.1, 0.15) is 0 Å². The number of nitrogens with one attached hydrogen (secondary N) is 1. The van der Waals surface area contributed by atoms with Crippen molar-refractivity contribution >= 4 is 51.7 Å². The fraction of sp³-hybridized carbons (Fsp3) is 0.250. The minimum absolute atomic E-state index is 0.466. The highest BCUT2D eigenvalue weighted by atomic mass is 35.5. The first kappa shape index (κ1) is 16.3. The van der Waals surface area contributed by atoms with Gasteiger partial charge in [0, 0.05) is 18.8 Å². The Morgan fingerprint density at radius 3 is 2.68 bits per heavy atom. The van der Waals surface area contributed by atoms with Crippen LogP contribution in [-0.4, -0.2) is 46.2 Å². The first-order valence-electron chi connectivity index (χ1n) is 7.73. The molecule has 2 aromatic heterocycles. The largest absolute Gasteiger partial charge is 0.378 e. The summed E-state index contributed by atoms with van der Waals surface area (Å²) in [6, 6.07) is 5.29. The lowest BCUT2D eigenvalue weighted by Crippen LogP contribution is -2.37. The number of rotatable bonds is 3. The summed E-state index contributed by atoms with van der Waals surface area (Å²) in [5, 5.41) is 4.18. The molecule has 0 amide bonds. The van der Waals surface area contributed by atoms with Crippen molar-refractivity contribution in [3.8, 4) is 0 Å². The maximum atomic E-state index is 6.08. The van der Waals surface area contributed by atoms with Crippen molar-refractivity contribution in [1.29, 1.82) is 0 Å². The molecule has 3 heterocycles. The molecular formula is C16H14Cl2N6O. The fourth-order valence-corrected chi connectivity index (χ4v) is 2.86. The van der Waals surface area contributed by atoms with Gasteiger partial charge in [-0.05, 0) is 18.2 Å². The zero-order valence-corrected chi connectivity index (χ0v) is 14.6. The number of benzene rings is 1. The van der Waals surface area contributed by atoms with Crippen molar-refractivity contribution in [3.63, 3.8) is 0 Å². The van der Waals surface area contributed by atoms with Gasteiger partial charge in [0.15, 0.2) is 5.82 Å². The lowest BCUT2D eigenvalue weighted by molar-refractivity contribution is 0.122. The molecule has 128 valence electrons. The summed E-state index contributed by atoms with van der Waals surface area (Å²) in [4.78, 5) is 19.7. The third-order valence-electron chi connectivity index (χ3n) is 3.84. The molecule has 0 aliphatic carbocycles. The molecule has 0 bridgehead atoms. The van der Waals surface area contributed by atoms with Gasteiger partial charge in [0.2, 0.25) is 5.95 Å². The van der Waals surface area contributed by atoms with Crippen LogP contribution >= 0.6 is 23.2 Å². The van der Waals surface area contributed by atoms with Crippen molar-refractivity contribution in [2.45, 2.75) is 0 Å². The van der Waals surface area contributed by atoms with Gasteiger partial charge in [0.25, 0.3) is 0 Å². The summed E-state index contributed by atoms with van der Waals surface area (Å²) < 4.78 is 5.37. The molecule has 1 fully saturated rings. The lowest BCUT2D eigenvalue weighted by Gasteiger charge is -2.26. The second-order valence-corrected chi connectivity index (χ2v) is 6.29. The van der Waals surface area contributed by atoms with Crippen LogP contribution in [0.4, 0.5) is 17.5 Å². The maximum absolute atomic E-state index is 6.08. The maximum Gasteiger partial charge on any atom is 0.226 e. The summed E-state index contributed by atoms with van der Waals surface area (Å²) in [5.74, 6) is 1.23. The monoisotopic (exact) mass is 376 g/mol. The molecule has 9 heteroatoms. The number of nitrogens with zero attached hydrogens (tertiary/aromatic N) is 5. The summed E-state index contributed by atoms with van der Waals surface area (Å²) in [6.07, 6.45) is 3.18. The number of morpholine rings is 1. The number of hydrogen-bond acceptors (Lipinski definition) is 7. The fourth-order valence-electron chi connectivity index (χ4n) is 2.56. The number of halogens is 2.